The predicted molar refractivity (Wildman–Crippen MR) is 94.4 cm³/mol. The second-order valence-corrected chi connectivity index (χ2v) is 5.72. The third-order valence-electron chi connectivity index (χ3n) is 3.40. The first-order valence-electron chi connectivity index (χ1n) is 7.72. The summed E-state index contributed by atoms with van der Waals surface area (Å²) in [7, 11) is 0. The monoisotopic (exact) mass is 359 g/mol. The molecule has 130 valence electrons. The molecule has 0 fully saturated rings. The Morgan fingerprint density at radius 1 is 1.16 bits per heavy atom. The van der Waals surface area contributed by atoms with Gasteiger partial charge in [0.25, 0.3) is 0 Å². The fourth-order valence-electron chi connectivity index (χ4n) is 2.30. The Morgan fingerprint density at radius 3 is 2.44 bits per heavy atom. The van der Waals surface area contributed by atoms with Gasteiger partial charge in [0.05, 0.1) is 23.3 Å². The Balaban J connectivity index is 2.14. The van der Waals surface area contributed by atoms with Gasteiger partial charge < -0.3 is 14.2 Å². The fourth-order valence-corrected chi connectivity index (χ4v) is 2.55. The Labute approximate surface area is 151 Å². The number of para-hydroxylation sites is 1. The number of hydrogen-bond donors (Lipinski definition) is 0. The third kappa shape index (κ3) is 4.65. The molecule has 25 heavy (non-hydrogen) atoms. The lowest BCUT2D eigenvalue weighted by Gasteiger charge is -2.14. The summed E-state index contributed by atoms with van der Waals surface area (Å²) in [5, 5.41) is 9.13. The number of rotatable bonds is 6. The summed E-state index contributed by atoms with van der Waals surface area (Å²) in [5.74, 6) is 0.357. The molecule has 0 aliphatic heterocycles. The zero-order chi connectivity index (χ0) is 18.4. The molecule has 0 aliphatic rings. The van der Waals surface area contributed by atoms with Crippen LogP contribution >= 0.6 is 11.6 Å². The lowest BCUT2D eigenvalue weighted by Crippen LogP contribution is -2.19. The molecule has 2 rings (SSSR count). The Hall–Kier alpha value is -2.71. The van der Waals surface area contributed by atoms with Crippen LogP contribution in [-0.2, 0) is 4.79 Å². The van der Waals surface area contributed by atoms with Gasteiger partial charge in [-0.3, -0.25) is 0 Å². The largest absolute Gasteiger partial charge is 0.490 e. The normalized spacial score (nSPS) is 10.0. The molecule has 0 aromatic heterocycles. The zero-order valence-electron chi connectivity index (χ0n) is 14.3. The third-order valence-corrected chi connectivity index (χ3v) is 3.68. The average molecular weight is 360 g/mol. The van der Waals surface area contributed by atoms with Crippen LogP contribution in [0.2, 0.25) is 5.02 Å². The van der Waals surface area contributed by atoms with Gasteiger partial charge in [-0.25, -0.2) is 4.79 Å². The number of carbonyl (C=O) groups is 1. The van der Waals surface area contributed by atoms with Gasteiger partial charge in [0.2, 0.25) is 0 Å². The van der Waals surface area contributed by atoms with Gasteiger partial charge in [-0.2, -0.15) is 5.26 Å². The highest BCUT2D eigenvalue weighted by Gasteiger charge is 2.17. The van der Waals surface area contributed by atoms with Crippen LogP contribution in [0.15, 0.2) is 30.3 Å². The molecule has 0 radical (unpaired) electrons. The number of aryl methyl sites for hydroxylation is 2. The maximum Gasteiger partial charge on any atom is 0.349 e. The molecule has 0 saturated carbocycles. The first kappa shape index (κ1) is 18.6. The SMILES string of the molecule is CCOc1cc(C#N)cc(Cl)c1OC(=O)COc1c(C)cccc1C. The quantitative estimate of drug-likeness (QED) is 0.570. The molecule has 0 unspecified atom stereocenters. The molecular weight excluding hydrogens is 342 g/mol. The van der Waals surface area contributed by atoms with Crippen molar-refractivity contribution in [2.45, 2.75) is 20.8 Å². The lowest BCUT2D eigenvalue weighted by atomic mass is 10.1. The number of carbonyl (C=O) groups excluding carboxylic acids is 1. The van der Waals surface area contributed by atoms with Gasteiger partial charge >= 0.3 is 5.97 Å². The fraction of sp³-hybridized carbons (Fsp3) is 0.263. The molecule has 0 saturated heterocycles. The second-order valence-electron chi connectivity index (χ2n) is 5.31. The average Bonchev–Trinajstić information content (AvgIpc) is 2.57. The van der Waals surface area contributed by atoms with E-state index in [1.807, 2.05) is 38.1 Å². The van der Waals surface area contributed by atoms with Gasteiger partial charge in [-0.15, -0.1) is 0 Å². The van der Waals surface area contributed by atoms with Crippen molar-refractivity contribution in [2.75, 3.05) is 13.2 Å². The Morgan fingerprint density at radius 2 is 1.84 bits per heavy atom. The molecule has 0 spiro atoms. The van der Waals surface area contributed by atoms with Gasteiger partial charge in [0, 0.05) is 6.07 Å². The van der Waals surface area contributed by atoms with Crippen molar-refractivity contribution in [1.82, 2.24) is 0 Å². The van der Waals surface area contributed by atoms with Crippen molar-refractivity contribution in [1.29, 1.82) is 5.26 Å². The smallest absolute Gasteiger partial charge is 0.349 e. The number of esters is 1. The topological polar surface area (TPSA) is 68.5 Å². The van der Waals surface area contributed by atoms with Gasteiger partial charge in [0.15, 0.2) is 18.1 Å². The van der Waals surface area contributed by atoms with Crippen LogP contribution < -0.4 is 14.2 Å². The molecule has 0 amide bonds. The molecular formula is C19H18ClNO4. The van der Waals surface area contributed by atoms with Crippen molar-refractivity contribution in [2.24, 2.45) is 0 Å². The number of nitrogens with zero attached hydrogens (tertiary/aromatic N) is 1. The highest BCUT2D eigenvalue weighted by molar-refractivity contribution is 6.32. The summed E-state index contributed by atoms with van der Waals surface area (Å²) in [6, 6.07) is 10.6. The van der Waals surface area contributed by atoms with Crippen molar-refractivity contribution in [3.8, 4) is 23.3 Å². The van der Waals surface area contributed by atoms with Crippen LogP contribution in [0.5, 0.6) is 17.2 Å². The molecule has 5 nitrogen and oxygen atoms in total. The minimum atomic E-state index is -0.616. The summed E-state index contributed by atoms with van der Waals surface area (Å²) >= 11 is 6.11. The molecule has 0 N–H and O–H groups in total. The van der Waals surface area contributed by atoms with Crippen LogP contribution in [-0.4, -0.2) is 19.2 Å². The predicted octanol–water partition coefficient (Wildman–Crippen LogP) is 4.21. The molecule has 0 aliphatic carbocycles. The molecule has 0 bridgehead atoms. The van der Waals surface area contributed by atoms with Gasteiger partial charge in [0.1, 0.15) is 5.75 Å². The van der Waals surface area contributed by atoms with E-state index in [0.717, 1.165) is 11.1 Å². The summed E-state index contributed by atoms with van der Waals surface area (Å²) in [5.41, 5.74) is 2.18. The van der Waals surface area contributed by atoms with E-state index >= 15 is 0 Å². The van der Waals surface area contributed by atoms with E-state index in [1.54, 1.807) is 6.92 Å². The summed E-state index contributed by atoms with van der Waals surface area (Å²) in [4.78, 5) is 12.1. The van der Waals surface area contributed by atoms with Crippen molar-refractivity contribution in [3.63, 3.8) is 0 Å². The van der Waals surface area contributed by atoms with Crippen molar-refractivity contribution in [3.05, 3.63) is 52.0 Å². The van der Waals surface area contributed by atoms with E-state index in [1.165, 1.54) is 12.1 Å². The van der Waals surface area contributed by atoms with Crippen LogP contribution in [0.4, 0.5) is 0 Å². The number of ether oxygens (including phenoxy) is 3. The number of hydrogen-bond acceptors (Lipinski definition) is 5. The van der Waals surface area contributed by atoms with E-state index < -0.39 is 5.97 Å². The van der Waals surface area contributed by atoms with Crippen molar-refractivity contribution < 1.29 is 19.0 Å². The summed E-state index contributed by atoms with van der Waals surface area (Å²) < 4.78 is 16.3. The zero-order valence-corrected chi connectivity index (χ0v) is 15.0. The maximum atomic E-state index is 12.1. The second kappa shape index (κ2) is 8.41. The minimum Gasteiger partial charge on any atom is -0.490 e. The summed E-state index contributed by atoms with van der Waals surface area (Å²) in [6.07, 6.45) is 0. The highest BCUT2D eigenvalue weighted by atomic mass is 35.5. The number of benzene rings is 2. The van der Waals surface area contributed by atoms with E-state index in [4.69, 9.17) is 31.1 Å². The lowest BCUT2D eigenvalue weighted by molar-refractivity contribution is -0.136. The van der Waals surface area contributed by atoms with Crippen molar-refractivity contribution >= 4 is 17.6 Å². The van der Waals surface area contributed by atoms with Gasteiger partial charge in [-0.1, -0.05) is 29.8 Å². The number of halogens is 1. The highest BCUT2D eigenvalue weighted by Crippen LogP contribution is 2.36. The molecule has 2 aromatic carbocycles. The first-order chi connectivity index (χ1) is 12.0. The molecule has 0 heterocycles. The van der Waals surface area contributed by atoms with Crippen LogP contribution in [0, 0.1) is 25.2 Å². The molecule has 2 aromatic rings. The van der Waals surface area contributed by atoms with E-state index in [9.17, 15) is 4.79 Å². The molecule has 6 heteroatoms. The maximum absolute atomic E-state index is 12.1. The minimum absolute atomic E-state index is 0.0811. The van der Waals surface area contributed by atoms with Crippen LogP contribution in [0.3, 0.4) is 0 Å². The van der Waals surface area contributed by atoms with Gasteiger partial charge in [-0.05, 0) is 38.0 Å². The standard InChI is InChI=1S/C19H18ClNO4/c1-4-23-16-9-14(10-21)8-15(20)19(16)25-17(22)11-24-18-12(2)6-5-7-13(18)3/h5-9H,4,11H2,1-3H3. The summed E-state index contributed by atoms with van der Waals surface area (Å²) in [6.45, 7) is 5.65. The van der Waals surface area contributed by atoms with E-state index in [-0.39, 0.29) is 23.1 Å². The van der Waals surface area contributed by atoms with Crippen LogP contribution in [0.25, 0.3) is 0 Å². The Bertz CT molecular complexity index is 807. The first-order valence-corrected chi connectivity index (χ1v) is 8.10. The van der Waals surface area contributed by atoms with E-state index in [0.29, 0.717) is 17.9 Å². The van der Waals surface area contributed by atoms with E-state index in [2.05, 4.69) is 0 Å². The number of nitriles is 1. The molecule has 0 atom stereocenters. The van der Waals surface area contributed by atoms with Crippen LogP contribution in [0.1, 0.15) is 23.6 Å². The Kier molecular flexibility index (Phi) is 6.26.